The normalized spacial score (nSPS) is 24.8. The molecule has 0 fully saturated rings. The number of hydrogen-bond acceptors (Lipinski definition) is 5. The van der Waals surface area contributed by atoms with E-state index in [-0.39, 0.29) is 0 Å². The van der Waals surface area contributed by atoms with Gasteiger partial charge in [-0.2, -0.15) is 0 Å². The molecule has 1 atom stereocenters. The molecule has 3 aliphatic rings. The molecule has 0 bridgehead atoms. The quantitative estimate of drug-likeness (QED) is 0.593. The van der Waals surface area contributed by atoms with Crippen LogP contribution in [0.25, 0.3) is 10.8 Å². The van der Waals surface area contributed by atoms with Crippen LogP contribution in [0.4, 0.5) is 0 Å². The van der Waals surface area contributed by atoms with Gasteiger partial charge in [0.15, 0.2) is 17.7 Å². The molecule has 0 saturated carbocycles. The van der Waals surface area contributed by atoms with Gasteiger partial charge in [0.05, 0.1) is 5.39 Å². The molecule has 0 amide bonds. The summed E-state index contributed by atoms with van der Waals surface area (Å²) >= 11 is 0. The van der Waals surface area contributed by atoms with Crippen molar-refractivity contribution < 1.29 is 24.2 Å². The average Bonchev–Trinajstić information content (AvgIpc) is 3.02. The molecular weight excluding hydrogens is 308 g/mol. The van der Waals surface area contributed by atoms with Crippen LogP contribution < -0.4 is 9.47 Å². The summed E-state index contributed by atoms with van der Waals surface area (Å²) in [6.07, 6.45) is 3.77. The van der Waals surface area contributed by atoms with Gasteiger partial charge in [0.2, 0.25) is 0 Å². The van der Waals surface area contributed by atoms with Crippen molar-refractivity contribution in [2.24, 2.45) is 5.41 Å². The SMILES string of the molecule is O=C1C=CC(=O)C12C=CC1(Oc3cccc4cccc(c34)O1)[C@@H]2O. The molecule has 1 aliphatic heterocycles. The number of rotatable bonds is 0. The van der Waals surface area contributed by atoms with Crippen LogP contribution in [0, 0.1) is 5.41 Å². The van der Waals surface area contributed by atoms with Gasteiger partial charge in [0, 0.05) is 0 Å². The number of aliphatic hydroxyl groups excluding tert-OH is 1. The van der Waals surface area contributed by atoms with E-state index in [2.05, 4.69) is 0 Å². The second-order valence-corrected chi connectivity index (χ2v) is 6.20. The monoisotopic (exact) mass is 320 g/mol. The van der Waals surface area contributed by atoms with Gasteiger partial charge in [-0.1, -0.05) is 30.3 Å². The average molecular weight is 320 g/mol. The highest BCUT2D eigenvalue weighted by atomic mass is 16.7. The summed E-state index contributed by atoms with van der Waals surface area (Å²) in [6.45, 7) is 0. The highest BCUT2D eigenvalue weighted by molar-refractivity contribution is 6.24. The van der Waals surface area contributed by atoms with Crippen molar-refractivity contribution in [1.29, 1.82) is 0 Å². The van der Waals surface area contributed by atoms with Crippen LogP contribution in [-0.2, 0) is 9.59 Å². The number of ether oxygens (including phenoxy) is 2. The fourth-order valence-electron chi connectivity index (χ4n) is 3.72. The molecule has 0 aromatic heterocycles. The van der Waals surface area contributed by atoms with Crippen molar-refractivity contribution in [3.63, 3.8) is 0 Å². The lowest BCUT2D eigenvalue weighted by atomic mass is 9.79. The van der Waals surface area contributed by atoms with Crippen LogP contribution >= 0.6 is 0 Å². The molecule has 2 spiro atoms. The van der Waals surface area contributed by atoms with E-state index in [0.717, 1.165) is 10.8 Å². The zero-order valence-electron chi connectivity index (χ0n) is 12.4. The molecule has 5 nitrogen and oxygen atoms in total. The third-order valence-corrected chi connectivity index (χ3v) is 4.96. The number of ketones is 2. The summed E-state index contributed by atoms with van der Waals surface area (Å²) in [4.78, 5) is 24.5. The highest BCUT2D eigenvalue weighted by Gasteiger charge is 2.65. The van der Waals surface area contributed by atoms with Crippen molar-refractivity contribution >= 4 is 22.3 Å². The Hall–Kier alpha value is -2.92. The van der Waals surface area contributed by atoms with E-state index < -0.39 is 28.9 Å². The molecule has 5 heteroatoms. The second kappa shape index (κ2) is 4.13. The Balaban J connectivity index is 1.66. The third kappa shape index (κ3) is 1.39. The van der Waals surface area contributed by atoms with Crippen molar-refractivity contribution in [2.75, 3.05) is 0 Å². The predicted molar refractivity (Wildman–Crippen MR) is 84.7 cm³/mol. The Morgan fingerprint density at radius 1 is 0.875 bits per heavy atom. The summed E-state index contributed by atoms with van der Waals surface area (Å²) in [7, 11) is 0. The number of carbonyl (C=O) groups is 2. The number of benzene rings is 2. The fourth-order valence-corrected chi connectivity index (χ4v) is 3.72. The van der Waals surface area contributed by atoms with Crippen LogP contribution in [0.1, 0.15) is 0 Å². The predicted octanol–water partition coefficient (Wildman–Crippen LogP) is 1.93. The van der Waals surface area contributed by atoms with E-state index >= 15 is 0 Å². The van der Waals surface area contributed by atoms with Gasteiger partial charge >= 0.3 is 0 Å². The molecule has 0 radical (unpaired) electrons. The van der Waals surface area contributed by atoms with Crippen LogP contribution in [0.3, 0.4) is 0 Å². The zero-order chi connectivity index (χ0) is 16.5. The topological polar surface area (TPSA) is 72.8 Å². The lowest BCUT2D eigenvalue weighted by Gasteiger charge is -2.39. The standard InChI is InChI=1S/C19H12O5/c20-14-7-8-15(21)18(14)9-10-19(17(18)22)23-12-5-1-3-11-4-2-6-13(24-19)16(11)12/h1-10,17,22H/t17-/m1/s1. The van der Waals surface area contributed by atoms with Gasteiger partial charge < -0.3 is 14.6 Å². The maximum Gasteiger partial charge on any atom is 0.299 e. The first kappa shape index (κ1) is 13.5. The van der Waals surface area contributed by atoms with Gasteiger partial charge in [-0.05, 0) is 35.7 Å². The molecule has 1 N–H and O–H groups in total. The third-order valence-electron chi connectivity index (χ3n) is 4.96. The second-order valence-electron chi connectivity index (χ2n) is 6.20. The van der Waals surface area contributed by atoms with E-state index in [1.54, 1.807) is 12.1 Å². The first-order valence-electron chi connectivity index (χ1n) is 7.62. The Bertz CT molecular complexity index is 926. The van der Waals surface area contributed by atoms with E-state index in [1.807, 2.05) is 24.3 Å². The van der Waals surface area contributed by atoms with E-state index in [0.29, 0.717) is 11.5 Å². The van der Waals surface area contributed by atoms with Crippen LogP contribution in [0.5, 0.6) is 11.5 Å². The lowest BCUT2D eigenvalue weighted by molar-refractivity contribution is -0.178. The van der Waals surface area contributed by atoms with Crippen molar-refractivity contribution in [1.82, 2.24) is 0 Å². The van der Waals surface area contributed by atoms with Crippen molar-refractivity contribution in [3.05, 3.63) is 60.7 Å². The molecule has 2 aliphatic carbocycles. The Morgan fingerprint density at radius 2 is 1.46 bits per heavy atom. The summed E-state index contributed by atoms with van der Waals surface area (Å²) in [5, 5.41) is 12.6. The molecule has 0 unspecified atom stereocenters. The lowest BCUT2D eigenvalue weighted by Crippen LogP contribution is -2.58. The smallest absolute Gasteiger partial charge is 0.299 e. The minimum absolute atomic E-state index is 0.461. The van der Waals surface area contributed by atoms with E-state index in [9.17, 15) is 14.7 Å². The minimum Gasteiger partial charge on any atom is -0.445 e. The summed E-state index contributed by atoms with van der Waals surface area (Å²) in [6, 6.07) is 11.1. The maximum atomic E-state index is 12.3. The summed E-state index contributed by atoms with van der Waals surface area (Å²) in [5.74, 6) is -1.43. The first-order valence-corrected chi connectivity index (χ1v) is 7.62. The molecular formula is C19H12O5. The van der Waals surface area contributed by atoms with Gasteiger partial charge in [-0.25, -0.2) is 0 Å². The number of carbonyl (C=O) groups excluding carboxylic acids is 2. The number of allylic oxidation sites excluding steroid dienone is 2. The van der Waals surface area contributed by atoms with Crippen LogP contribution in [-0.4, -0.2) is 28.6 Å². The van der Waals surface area contributed by atoms with Gasteiger partial charge in [0.1, 0.15) is 16.9 Å². The van der Waals surface area contributed by atoms with Crippen molar-refractivity contribution in [3.8, 4) is 11.5 Å². The molecule has 0 saturated heterocycles. The Labute approximate surface area is 136 Å². The number of hydrogen-bond donors (Lipinski definition) is 1. The van der Waals surface area contributed by atoms with Gasteiger partial charge in [0.25, 0.3) is 5.79 Å². The fraction of sp³-hybridized carbons (Fsp3) is 0.158. The van der Waals surface area contributed by atoms with Crippen LogP contribution in [0.15, 0.2) is 60.7 Å². The molecule has 5 rings (SSSR count). The molecule has 2 aromatic rings. The Kier molecular flexibility index (Phi) is 2.32. The largest absolute Gasteiger partial charge is 0.445 e. The van der Waals surface area contributed by atoms with Gasteiger partial charge in [-0.3, -0.25) is 9.59 Å². The highest BCUT2D eigenvalue weighted by Crippen LogP contribution is 2.50. The van der Waals surface area contributed by atoms with Crippen molar-refractivity contribution in [2.45, 2.75) is 11.9 Å². The molecule has 118 valence electrons. The summed E-state index contributed by atoms with van der Waals surface area (Å²) < 4.78 is 11.9. The molecule has 24 heavy (non-hydrogen) atoms. The zero-order valence-corrected chi connectivity index (χ0v) is 12.4. The molecule has 1 heterocycles. The minimum atomic E-state index is -1.65. The first-order chi connectivity index (χ1) is 11.6. The number of aliphatic hydroxyl groups is 1. The van der Waals surface area contributed by atoms with E-state index in [1.165, 1.54) is 24.3 Å². The van der Waals surface area contributed by atoms with Crippen LogP contribution in [0.2, 0.25) is 0 Å². The maximum absolute atomic E-state index is 12.3. The Morgan fingerprint density at radius 3 is 2.04 bits per heavy atom. The van der Waals surface area contributed by atoms with E-state index in [4.69, 9.17) is 9.47 Å². The summed E-state index contributed by atoms with van der Waals surface area (Å²) in [5.41, 5.74) is -1.65. The van der Waals surface area contributed by atoms with Gasteiger partial charge in [-0.15, -0.1) is 0 Å². The molecule has 2 aromatic carbocycles.